The first-order valence-electron chi connectivity index (χ1n) is 29.2. The van der Waals surface area contributed by atoms with Crippen LogP contribution in [0.3, 0.4) is 0 Å². The summed E-state index contributed by atoms with van der Waals surface area (Å²) < 4.78 is 0. The number of nitrogens with zero attached hydrogens (tertiary/aromatic N) is 3. The summed E-state index contributed by atoms with van der Waals surface area (Å²) in [6.07, 6.45) is 0. The minimum atomic E-state index is -0.330. The van der Waals surface area contributed by atoms with Gasteiger partial charge in [0.15, 0.2) is 0 Å². The van der Waals surface area contributed by atoms with E-state index in [1.807, 2.05) is 0 Å². The maximum absolute atomic E-state index is 2.70. The van der Waals surface area contributed by atoms with Crippen LogP contribution in [0.25, 0.3) is 55.6 Å². The van der Waals surface area contributed by atoms with E-state index in [1.165, 1.54) is 111 Å². The fourth-order valence-corrected chi connectivity index (χ4v) is 13.5. The summed E-state index contributed by atoms with van der Waals surface area (Å²) in [7, 11) is 0. The van der Waals surface area contributed by atoms with Crippen LogP contribution in [-0.4, -0.2) is 6.85 Å². The molecule has 0 fully saturated rings. The van der Waals surface area contributed by atoms with Crippen molar-refractivity contribution in [1.29, 1.82) is 0 Å². The molecule has 2 heterocycles. The molecule has 0 amide bonds. The summed E-state index contributed by atoms with van der Waals surface area (Å²) >= 11 is 0. The Morgan fingerprint density at radius 2 is 0.890 bits per heavy atom. The summed E-state index contributed by atoms with van der Waals surface area (Å²) in [5.41, 5.74) is 30.3. The molecule has 3 nitrogen and oxygen atoms in total. The Morgan fingerprint density at radius 1 is 0.390 bits per heavy atom. The number of benzene rings is 11. The van der Waals surface area contributed by atoms with Crippen LogP contribution in [0.5, 0.6) is 0 Å². The minimum absolute atomic E-state index is 0.0118. The smallest absolute Gasteiger partial charge is 0.333 e. The lowest BCUT2D eigenvalue weighted by atomic mass is 9.42. The van der Waals surface area contributed by atoms with E-state index in [1.54, 1.807) is 0 Å². The average molecular weight is 1060 g/mol. The highest BCUT2D eigenvalue weighted by atomic mass is 15.2. The maximum Gasteiger partial charge on any atom is 0.333 e. The zero-order valence-electron chi connectivity index (χ0n) is 48.6. The molecule has 398 valence electrons. The van der Waals surface area contributed by atoms with E-state index in [0.29, 0.717) is 0 Å². The third-order valence-electron chi connectivity index (χ3n) is 17.9. The minimum Gasteiger partial charge on any atom is -0.376 e. The van der Waals surface area contributed by atoms with E-state index in [0.717, 1.165) is 28.4 Å². The van der Waals surface area contributed by atoms with Crippen molar-refractivity contribution >= 4 is 63.3 Å². The second kappa shape index (κ2) is 19.3. The summed E-state index contributed by atoms with van der Waals surface area (Å²) in [6, 6.07) is 93.9. The second-order valence-electron chi connectivity index (χ2n) is 25.4. The molecule has 0 saturated carbocycles. The zero-order chi connectivity index (χ0) is 56.2. The van der Waals surface area contributed by atoms with Gasteiger partial charge in [0.25, 0.3) is 0 Å². The van der Waals surface area contributed by atoms with Gasteiger partial charge in [-0.15, -0.1) is 0 Å². The lowest BCUT2D eigenvalue weighted by Gasteiger charge is -2.48. The number of rotatable bonds is 8. The average Bonchev–Trinajstić information content (AvgIpc) is 3.52. The monoisotopic (exact) mass is 1060 g/mol. The molecular formula is C78H68BN3. The normalized spacial score (nSPS) is 13.7. The number of hydrogen-bond acceptors (Lipinski definition) is 3. The molecule has 0 N–H and O–H groups in total. The molecule has 0 bridgehead atoms. The third-order valence-corrected chi connectivity index (χ3v) is 17.9. The van der Waals surface area contributed by atoms with E-state index >= 15 is 0 Å². The van der Waals surface area contributed by atoms with Crippen LogP contribution in [0, 0.1) is 6.92 Å². The first kappa shape index (κ1) is 51.1. The quantitative estimate of drug-likeness (QED) is 0.140. The lowest BCUT2D eigenvalue weighted by molar-refractivity contribution is 0.590. The fourth-order valence-electron chi connectivity index (χ4n) is 13.5. The summed E-state index contributed by atoms with van der Waals surface area (Å²) in [6.45, 7) is 20.7. The SMILES string of the molecule is Cc1ccc(-c2ccccc2)cc1N1c2ccc(-c3ccccc3)cc2B2c3c(cc4c(c31)C(C)(C)c1ccccc1-4)-c1ccc(N(c3ccc(C(C)(C)C)cc3)c3ccc(C(C)(C)C)cc3)cc1N2c1ccc(-c2ccccc2)cc1. The van der Waals surface area contributed by atoms with Gasteiger partial charge < -0.3 is 14.6 Å². The van der Waals surface area contributed by atoms with Gasteiger partial charge in [-0.3, -0.25) is 0 Å². The zero-order valence-corrected chi connectivity index (χ0v) is 48.6. The van der Waals surface area contributed by atoms with Gasteiger partial charge in [0.2, 0.25) is 0 Å². The van der Waals surface area contributed by atoms with Gasteiger partial charge in [0.05, 0.1) is 0 Å². The predicted octanol–water partition coefficient (Wildman–Crippen LogP) is 20.1. The Labute approximate surface area is 485 Å². The molecule has 14 rings (SSSR count). The first-order chi connectivity index (χ1) is 39.6. The first-order valence-corrected chi connectivity index (χ1v) is 29.2. The van der Waals surface area contributed by atoms with Crippen molar-refractivity contribution in [1.82, 2.24) is 0 Å². The molecule has 0 radical (unpaired) electrons. The molecule has 11 aromatic carbocycles. The lowest BCUT2D eigenvalue weighted by Crippen LogP contribution is -2.62. The van der Waals surface area contributed by atoms with Gasteiger partial charge in [-0.2, -0.15) is 0 Å². The standard InChI is InChI=1S/C78H68BN3/c1-51-29-30-57(54-25-17-12-18-26-54)48-71(51)81-70-46-33-56(53-23-15-11-16-24-53)47-69(70)79-74-67(50-66-64-27-19-20-28-68(64)78(8,9)73(66)75(74)81)65-45-44-63(49-72(65)82(79)62-38-31-55(32-39-62)52-21-13-10-14-22-52)80(60-40-34-58(35-41-60)76(2,3)4)61-42-36-59(37-43-61)77(5,6)7/h10-50H,1-9H3. The van der Waals surface area contributed by atoms with Gasteiger partial charge >= 0.3 is 6.85 Å². The van der Waals surface area contributed by atoms with Gasteiger partial charge in [0, 0.05) is 56.5 Å². The Hall–Kier alpha value is -9.12. The van der Waals surface area contributed by atoms with Gasteiger partial charge in [-0.25, -0.2) is 0 Å². The van der Waals surface area contributed by atoms with E-state index < -0.39 is 0 Å². The van der Waals surface area contributed by atoms with Gasteiger partial charge in [0.1, 0.15) is 0 Å². The fraction of sp³-hybridized carbons (Fsp3) is 0.154. The molecule has 0 spiro atoms. The highest BCUT2D eigenvalue weighted by Crippen LogP contribution is 2.59. The number of hydrogen-bond donors (Lipinski definition) is 0. The molecule has 11 aromatic rings. The third kappa shape index (κ3) is 8.41. The van der Waals surface area contributed by atoms with Crippen molar-refractivity contribution in [2.45, 2.75) is 78.6 Å². The van der Waals surface area contributed by atoms with Crippen LogP contribution in [0.15, 0.2) is 249 Å². The van der Waals surface area contributed by atoms with Crippen LogP contribution in [0.2, 0.25) is 0 Å². The maximum atomic E-state index is 2.70. The van der Waals surface area contributed by atoms with Crippen LogP contribution in [-0.2, 0) is 16.2 Å². The molecule has 0 saturated heterocycles. The van der Waals surface area contributed by atoms with Crippen molar-refractivity contribution in [3.63, 3.8) is 0 Å². The van der Waals surface area contributed by atoms with Gasteiger partial charge in [-0.1, -0.05) is 237 Å². The highest BCUT2D eigenvalue weighted by molar-refractivity contribution is 6.93. The van der Waals surface area contributed by atoms with E-state index in [9.17, 15) is 0 Å². The highest BCUT2D eigenvalue weighted by Gasteiger charge is 2.50. The summed E-state index contributed by atoms with van der Waals surface area (Å²) in [5.74, 6) is 0. The molecule has 4 heteroatoms. The topological polar surface area (TPSA) is 9.72 Å². The Bertz CT molecular complexity index is 4190. The number of aryl methyl sites for hydroxylation is 1. The Kier molecular flexibility index (Phi) is 12.0. The van der Waals surface area contributed by atoms with E-state index in [4.69, 9.17) is 0 Å². The summed E-state index contributed by atoms with van der Waals surface area (Å²) in [5, 5.41) is 0. The molecular weight excluding hydrogens is 990 g/mol. The van der Waals surface area contributed by atoms with Crippen molar-refractivity contribution in [2.75, 3.05) is 14.6 Å². The number of fused-ring (bicyclic) bond motifs is 8. The second-order valence-corrected chi connectivity index (χ2v) is 25.4. The van der Waals surface area contributed by atoms with Crippen molar-refractivity contribution in [3.8, 4) is 55.6 Å². The van der Waals surface area contributed by atoms with Crippen LogP contribution in [0.4, 0.5) is 45.5 Å². The molecule has 0 atom stereocenters. The molecule has 0 unspecified atom stereocenters. The van der Waals surface area contributed by atoms with Crippen molar-refractivity contribution in [2.24, 2.45) is 0 Å². The van der Waals surface area contributed by atoms with E-state index in [-0.39, 0.29) is 23.1 Å². The molecule has 82 heavy (non-hydrogen) atoms. The predicted molar refractivity (Wildman–Crippen MR) is 351 cm³/mol. The van der Waals surface area contributed by atoms with Crippen LogP contribution >= 0.6 is 0 Å². The summed E-state index contributed by atoms with van der Waals surface area (Å²) in [4.78, 5) is 7.83. The van der Waals surface area contributed by atoms with Crippen LogP contribution < -0.4 is 25.5 Å². The molecule has 3 aliphatic rings. The Morgan fingerprint density at radius 3 is 1.48 bits per heavy atom. The van der Waals surface area contributed by atoms with E-state index in [2.05, 4.69) is 326 Å². The van der Waals surface area contributed by atoms with Crippen molar-refractivity contribution in [3.05, 3.63) is 277 Å². The molecule has 2 aliphatic heterocycles. The Balaban J connectivity index is 1.10. The molecule has 1 aliphatic carbocycles. The van der Waals surface area contributed by atoms with Gasteiger partial charge in [-0.05, 0) is 173 Å². The molecule has 0 aromatic heterocycles. The van der Waals surface area contributed by atoms with Crippen molar-refractivity contribution < 1.29 is 0 Å². The number of anilines is 8. The largest absolute Gasteiger partial charge is 0.376 e. The van der Waals surface area contributed by atoms with Crippen LogP contribution in [0.1, 0.15) is 83.2 Å².